The van der Waals surface area contributed by atoms with E-state index in [2.05, 4.69) is 10.2 Å². The molecule has 0 atom stereocenters. The van der Waals surface area contributed by atoms with Crippen molar-refractivity contribution in [3.8, 4) is 0 Å². The van der Waals surface area contributed by atoms with Crippen LogP contribution in [0.2, 0.25) is 0 Å². The first-order valence-electron chi connectivity index (χ1n) is 9.67. The van der Waals surface area contributed by atoms with Gasteiger partial charge in [0, 0.05) is 32.4 Å². The van der Waals surface area contributed by atoms with Crippen molar-refractivity contribution in [2.24, 2.45) is 0 Å². The number of H-pyrrole nitrogens is 1. The number of halogens is 3. The molecule has 1 aromatic carbocycles. The number of piperidine rings is 1. The zero-order valence-corrected chi connectivity index (χ0v) is 15.5. The Morgan fingerprint density at radius 2 is 1.82 bits per heavy atom. The second kappa shape index (κ2) is 7.48. The van der Waals surface area contributed by atoms with E-state index in [0.29, 0.717) is 43.3 Å². The Kier molecular flexibility index (Phi) is 5.03. The van der Waals surface area contributed by atoms with E-state index in [1.54, 1.807) is 4.90 Å². The van der Waals surface area contributed by atoms with E-state index in [4.69, 9.17) is 0 Å². The van der Waals surface area contributed by atoms with Gasteiger partial charge in [-0.25, -0.2) is 0 Å². The molecule has 28 heavy (non-hydrogen) atoms. The van der Waals surface area contributed by atoms with E-state index in [9.17, 15) is 18.0 Å². The van der Waals surface area contributed by atoms with Gasteiger partial charge >= 0.3 is 6.18 Å². The SMILES string of the molecule is O=C(c1ccc(C(F)(F)F)cc1N1CCCC1)N1CCC(c2cn[nH]c2)CC1. The molecule has 2 saturated heterocycles. The summed E-state index contributed by atoms with van der Waals surface area (Å²) in [5.74, 6) is 0.176. The topological polar surface area (TPSA) is 52.2 Å². The van der Waals surface area contributed by atoms with Crippen molar-refractivity contribution >= 4 is 11.6 Å². The van der Waals surface area contributed by atoms with Crippen LogP contribution in [0, 0.1) is 0 Å². The maximum Gasteiger partial charge on any atom is 0.416 e. The van der Waals surface area contributed by atoms with Crippen LogP contribution in [0.5, 0.6) is 0 Å². The van der Waals surface area contributed by atoms with Gasteiger partial charge in [-0.2, -0.15) is 18.3 Å². The van der Waals surface area contributed by atoms with Crippen molar-refractivity contribution in [3.63, 3.8) is 0 Å². The number of anilines is 1. The lowest BCUT2D eigenvalue weighted by Crippen LogP contribution is -2.38. The third-order valence-electron chi connectivity index (χ3n) is 5.78. The molecule has 1 N–H and O–H groups in total. The van der Waals surface area contributed by atoms with Crippen LogP contribution in [0.25, 0.3) is 0 Å². The van der Waals surface area contributed by atoms with Crippen LogP contribution >= 0.6 is 0 Å². The predicted octanol–water partition coefficient (Wildman–Crippen LogP) is 4.05. The van der Waals surface area contributed by atoms with Gasteiger partial charge in [0.25, 0.3) is 5.91 Å². The van der Waals surface area contributed by atoms with Crippen molar-refractivity contribution in [1.29, 1.82) is 0 Å². The van der Waals surface area contributed by atoms with Crippen LogP contribution in [0.15, 0.2) is 30.6 Å². The number of carbonyl (C=O) groups is 1. The highest BCUT2D eigenvalue weighted by molar-refractivity contribution is 6.00. The van der Waals surface area contributed by atoms with Crippen molar-refractivity contribution in [2.75, 3.05) is 31.1 Å². The van der Waals surface area contributed by atoms with E-state index in [0.717, 1.165) is 43.4 Å². The summed E-state index contributed by atoms with van der Waals surface area (Å²) in [7, 11) is 0. The maximum atomic E-state index is 13.2. The Morgan fingerprint density at radius 1 is 1.11 bits per heavy atom. The molecule has 0 spiro atoms. The van der Waals surface area contributed by atoms with Crippen LogP contribution in [0.1, 0.15) is 53.1 Å². The molecule has 2 aromatic rings. The van der Waals surface area contributed by atoms with Crippen LogP contribution in [0.4, 0.5) is 18.9 Å². The number of carbonyl (C=O) groups excluding carboxylic acids is 1. The summed E-state index contributed by atoms with van der Waals surface area (Å²) in [4.78, 5) is 16.8. The number of hydrogen-bond donors (Lipinski definition) is 1. The second-order valence-electron chi connectivity index (χ2n) is 7.52. The Labute approximate surface area is 161 Å². The van der Waals surface area contributed by atoms with Crippen molar-refractivity contribution < 1.29 is 18.0 Å². The van der Waals surface area contributed by atoms with Gasteiger partial charge in [0.15, 0.2) is 0 Å². The monoisotopic (exact) mass is 392 g/mol. The molecule has 5 nitrogen and oxygen atoms in total. The van der Waals surface area contributed by atoms with Crippen molar-refractivity contribution in [2.45, 2.75) is 37.8 Å². The summed E-state index contributed by atoms with van der Waals surface area (Å²) >= 11 is 0. The Hall–Kier alpha value is -2.51. The molecular weight excluding hydrogens is 369 g/mol. The molecule has 8 heteroatoms. The molecular formula is C20H23F3N4O. The van der Waals surface area contributed by atoms with E-state index < -0.39 is 11.7 Å². The fourth-order valence-corrected chi connectivity index (χ4v) is 4.18. The standard InChI is InChI=1S/C20H23F3N4O/c21-20(22,23)16-3-4-17(18(11-16)26-7-1-2-8-26)19(28)27-9-5-14(6-10-27)15-12-24-25-13-15/h3-4,11-14H,1-2,5-10H2,(H,24,25). The lowest BCUT2D eigenvalue weighted by Gasteiger charge is -2.33. The van der Waals surface area contributed by atoms with Crippen LogP contribution in [0.3, 0.4) is 0 Å². The fraction of sp³-hybridized carbons (Fsp3) is 0.500. The van der Waals surface area contributed by atoms with Gasteiger partial charge in [-0.05, 0) is 55.4 Å². The van der Waals surface area contributed by atoms with Gasteiger partial charge in [-0.1, -0.05) is 0 Å². The molecule has 150 valence electrons. The van der Waals surface area contributed by atoms with Crippen molar-refractivity contribution in [1.82, 2.24) is 15.1 Å². The van der Waals surface area contributed by atoms with Gasteiger partial charge in [0.05, 0.1) is 23.0 Å². The van der Waals surface area contributed by atoms with Crippen molar-refractivity contribution in [3.05, 3.63) is 47.3 Å². The minimum Gasteiger partial charge on any atom is -0.371 e. The highest BCUT2D eigenvalue weighted by Gasteiger charge is 2.34. The van der Waals surface area contributed by atoms with E-state index >= 15 is 0 Å². The number of amides is 1. The zero-order chi connectivity index (χ0) is 19.7. The average molecular weight is 392 g/mol. The average Bonchev–Trinajstić information content (AvgIpc) is 3.40. The normalized spacial score (nSPS) is 18.7. The summed E-state index contributed by atoms with van der Waals surface area (Å²) in [5, 5.41) is 6.79. The Bertz CT molecular complexity index is 820. The highest BCUT2D eigenvalue weighted by Crippen LogP contribution is 2.36. The predicted molar refractivity (Wildman–Crippen MR) is 99.4 cm³/mol. The van der Waals surface area contributed by atoms with E-state index in [1.807, 2.05) is 17.3 Å². The third kappa shape index (κ3) is 3.72. The number of rotatable bonds is 3. The first-order chi connectivity index (χ1) is 13.4. The van der Waals surface area contributed by atoms with Crippen LogP contribution < -0.4 is 4.90 Å². The first-order valence-corrected chi connectivity index (χ1v) is 9.67. The van der Waals surface area contributed by atoms with Crippen LogP contribution in [-0.4, -0.2) is 47.2 Å². The smallest absolute Gasteiger partial charge is 0.371 e. The minimum absolute atomic E-state index is 0.179. The number of likely N-dealkylation sites (tertiary alicyclic amines) is 1. The number of alkyl halides is 3. The van der Waals surface area contributed by atoms with Crippen LogP contribution in [-0.2, 0) is 6.18 Å². The summed E-state index contributed by atoms with van der Waals surface area (Å²) in [6.45, 7) is 2.55. The lowest BCUT2D eigenvalue weighted by molar-refractivity contribution is -0.137. The molecule has 4 rings (SSSR count). The molecule has 2 fully saturated rings. The van der Waals surface area contributed by atoms with E-state index in [-0.39, 0.29) is 5.91 Å². The zero-order valence-electron chi connectivity index (χ0n) is 15.5. The summed E-state index contributed by atoms with van der Waals surface area (Å²) in [6, 6.07) is 3.50. The van der Waals surface area contributed by atoms with Gasteiger partial charge in [-0.15, -0.1) is 0 Å². The summed E-state index contributed by atoms with van der Waals surface area (Å²) in [6.07, 6.45) is 2.78. The molecule has 2 aliphatic heterocycles. The van der Waals surface area contributed by atoms with Gasteiger partial charge in [0.1, 0.15) is 0 Å². The number of nitrogens with one attached hydrogen (secondary N) is 1. The second-order valence-corrected chi connectivity index (χ2v) is 7.52. The molecule has 0 saturated carbocycles. The first kappa shape index (κ1) is 18.8. The van der Waals surface area contributed by atoms with E-state index in [1.165, 1.54) is 6.07 Å². The Morgan fingerprint density at radius 3 is 2.43 bits per heavy atom. The molecule has 3 heterocycles. The molecule has 0 radical (unpaired) electrons. The molecule has 0 unspecified atom stereocenters. The highest BCUT2D eigenvalue weighted by atomic mass is 19.4. The molecule has 1 amide bonds. The molecule has 1 aromatic heterocycles. The summed E-state index contributed by atoms with van der Waals surface area (Å²) in [5.41, 5.74) is 1.22. The number of hydrogen-bond acceptors (Lipinski definition) is 3. The van der Waals surface area contributed by atoms with Gasteiger partial charge in [-0.3, -0.25) is 9.89 Å². The lowest BCUT2D eigenvalue weighted by atomic mass is 9.91. The molecule has 0 bridgehead atoms. The largest absolute Gasteiger partial charge is 0.416 e. The maximum absolute atomic E-state index is 13.2. The quantitative estimate of drug-likeness (QED) is 0.858. The Balaban J connectivity index is 1.55. The number of aromatic nitrogens is 2. The van der Waals surface area contributed by atoms with Gasteiger partial charge < -0.3 is 9.80 Å². The summed E-state index contributed by atoms with van der Waals surface area (Å²) < 4.78 is 39.6. The number of benzene rings is 1. The minimum atomic E-state index is -4.42. The third-order valence-corrected chi connectivity index (χ3v) is 5.78. The molecule has 2 aliphatic rings. The fourth-order valence-electron chi connectivity index (χ4n) is 4.18. The number of aromatic amines is 1. The van der Waals surface area contributed by atoms with Gasteiger partial charge in [0.2, 0.25) is 0 Å². The molecule has 0 aliphatic carbocycles. The number of nitrogens with zero attached hydrogens (tertiary/aromatic N) is 3.